The Morgan fingerprint density at radius 2 is 2.14 bits per heavy atom. The summed E-state index contributed by atoms with van der Waals surface area (Å²) in [4.78, 5) is 16.4. The highest BCUT2D eigenvalue weighted by atomic mass is 16.5. The van der Waals surface area contributed by atoms with Crippen LogP contribution in [0.15, 0.2) is 47.3 Å². The van der Waals surface area contributed by atoms with Gasteiger partial charge in [-0.05, 0) is 42.5 Å². The Labute approximate surface area is 123 Å². The Kier molecular flexibility index (Phi) is 4.31. The number of hydrogen-bond donors (Lipinski definition) is 1. The van der Waals surface area contributed by atoms with Crippen LogP contribution in [0.5, 0.6) is 0 Å². The van der Waals surface area contributed by atoms with Crippen molar-refractivity contribution in [3.63, 3.8) is 0 Å². The third kappa shape index (κ3) is 3.31. The average Bonchev–Trinajstić information content (AvgIpc) is 3.09. The molecule has 21 heavy (non-hydrogen) atoms. The molecule has 3 heterocycles. The third-order valence-corrected chi connectivity index (χ3v) is 3.81. The normalized spacial score (nSPS) is 17.3. The first-order valence-corrected chi connectivity index (χ1v) is 7.16. The molecule has 1 aliphatic heterocycles. The molecule has 0 saturated carbocycles. The second-order valence-electron chi connectivity index (χ2n) is 5.16. The Balaban J connectivity index is 1.80. The number of ether oxygens (including phenoxy) is 1. The number of amides is 1. The highest BCUT2D eigenvalue weighted by molar-refractivity contribution is 5.91. The lowest BCUT2D eigenvalue weighted by Crippen LogP contribution is -2.36. The zero-order chi connectivity index (χ0) is 14.5. The van der Waals surface area contributed by atoms with Crippen molar-refractivity contribution in [2.75, 3.05) is 13.2 Å². The van der Waals surface area contributed by atoms with Gasteiger partial charge in [0.1, 0.15) is 0 Å². The van der Waals surface area contributed by atoms with Crippen LogP contribution in [0.25, 0.3) is 0 Å². The van der Waals surface area contributed by atoms with E-state index >= 15 is 0 Å². The summed E-state index contributed by atoms with van der Waals surface area (Å²) in [7, 11) is 0. The summed E-state index contributed by atoms with van der Waals surface area (Å²) in [6.45, 7) is 1.47. The average molecular weight is 286 g/mol. The van der Waals surface area contributed by atoms with Crippen LogP contribution in [-0.2, 0) is 4.74 Å². The summed E-state index contributed by atoms with van der Waals surface area (Å²) >= 11 is 0. The molecule has 0 bridgehead atoms. The summed E-state index contributed by atoms with van der Waals surface area (Å²) in [5, 5.41) is 3.08. The fourth-order valence-electron chi connectivity index (χ4n) is 2.70. The van der Waals surface area contributed by atoms with Gasteiger partial charge in [0.05, 0.1) is 12.3 Å². The fourth-order valence-corrected chi connectivity index (χ4v) is 2.70. The van der Waals surface area contributed by atoms with Crippen LogP contribution >= 0.6 is 0 Å². The van der Waals surface area contributed by atoms with Gasteiger partial charge in [0.25, 0.3) is 5.91 Å². The summed E-state index contributed by atoms with van der Waals surface area (Å²) < 4.78 is 10.6. The molecule has 1 atom stereocenters. The van der Waals surface area contributed by atoms with Crippen LogP contribution in [0.4, 0.5) is 0 Å². The van der Waals surface area contributed by atoms with E-state index in [4.69, 9.17) is 9.15 Å². The van der Waals surface area contributed by atoms with Gasteiger partial charge in [0, 0.05) is 25.6 Å². The molecular formula is C16H18N2O3. The molecular weight excluding hydrogens is 268 g/mol. The lowest BCUT2D eigenvalue weighted by molar-refractivity contribution is 0.0509. The van der Waals surface area contributed by atoms with Crippen molar-refractivity contribution >= 4 is 5.91 Å². The van der Waals surface area contributed by atoms with Crippen molar-refractivity contribution in [3.05, 3.63) is 54.2 Å². The van der Waals surface area contributed by atoms with E-state index in [1.165, 1.54) is 6.26 Å². The van der Waals surface area contributed by atoms with E-state index in [1.54, 1.807) is 18.3 Å². The molecule has 2 aromatic heterocycles. The van der Waals surface area contributed by atoms with E-state index in [-0.39, 0.29) is 11.9 Å². The maximum atomic E-state index is 12.3. The van der Waals surface area contributed by atoms with Crippen molar-refractivity contribution < 1.29 is 13.9 Å². The summed E-state index contributed by atoms with van der Waals surface area (Å²) in [5.41, 5.74) is 1.02. The maximum Gasteiger partial charge on any atom is 0.287 e. The van der Waals surface area contributed by atoms with E-state index in [2.05, 4.69) is 10.3 Å². The van der Waals surface area contributed by atoms with Crippen molar-refractivity contribution in [2.45, 2.75) is 18.9 Å². The number of carbonyl (C=O) groups is 1. The Morgan fingerprint density at radius 3 is 2.81 bits per heavy atom. The molecule has 0 aromatic carbocycles. The number of nitrogens with one attached hydrogen (secondary N) is 1. The number of aromatic nitrogens is 1. The first-order valence-electron chi connectivity index (χ1n) is 7.16. The number of nitrogens with zero attached hydrogens (tertiary/aromatic N) is 1. The first kappa shape index (κ1) is 13.8. The summed E-state index contributed by atoms with van der Waals surface area (Å²) in [5.74, 6) is 0.484. The first-order chi connectivity index (χ1) is 10.3. The third-order valence-electron chi connectivity index (χ3n) is 3.81. The minimum Gasteiger partial charge on any atom is -0.459 e. The maximum absolute atomic E-state index is 12.3. The number of pyridine rings is 1. The Morgan fingerprint density at radius 1 is 1.29 bits per heavy atom. The van der Waals surface area contributed by atoms with Crippen LogP contribution in [-0.4, -0.2) is 24.1 Å². The molecule has 1 aliphatic rings. The van der Waals surface area contributed by atoms with Gasteiger partial charge in [-0.15, -0.1) is 0 Å². The van der Waals surface area contributed by atoms with Crippen molar-refractivity contribution in [1.82, 2.24) is 10.3 Å². The van der Waals surface area contributed by atoms with Crippen LogP contribution in [0.1, 0.15) is 35.0 Å². The van der Waals surface area contributed by atoms with Gasteiger partial charge >= 0.3 is 0 Å². The SMILES string of the molecule is O=C(NC(c1cccnc1)C1CCOCC1)c1ccco1. The minimum atomic E-state index is -0.194. The molecule has 5 nitrogen and oxygen atoms in total. The molecule has 3 rings (SSSR count). The molecule has 1 saturated heterocycles. The van der Waals surface area contributed by atoms with Gasteiger partial charge in [-0.2, -0.15) is 0 Å². The molecule has 0 aliphatic carbocycles. The fraction of sp³-hybridized carbons (Fsp3) is 0.375. The van der Waals surface area contributed by atoms with Crippen molar-refractivity contribution in [1.29, 1.82) is 0 Å². The number of furan rings is 1. The quantitative estimate of drug-likeness (QED) is 0.938. The predicted molar refractivity (Wildman–Crippen MR) is 76.7 cm³/mol. The predicted octanol–water partition coefficient (Wildman–Crippen LogP) is 2.57. The second-order valence-corrected chi connectivity index (χ2v) is 5.16. The lowest BCUT2D eigenvalue weighted by atomic mass is 9.87. The number of rotatable bonds is 4. The molecule has 2 aromatic rings. The van der Waals surface area contributed by atoms with Crippen molar-refractivity contribution in [3.8, 4) is 0 Å². The molecule has 1 fully saturated rings. The monoisotopic (exact) mass is 286 g/mol. The molecule has 1 unspecified atom stereocenters. The topological polar surface area (TPSA) is 64.4 Å². The number of carbonyl (C=O) groups excluding carboxylic acids is 1. The van der Waals surface area contributed by atoms with Gasteiger partial charge in [-0.25, -0.2) is 0 Å². The molecule has 5 heteroatoms. The zero-order valence-electron chi connectivity index (χ0n) is 11.7. The standard InChI is InChI=1S/C16H18N2O3/c19-16(14-4-2-8-21-14)18-15(12-5-9-20-10-6-12)13-3-1-7-17-11-13/h1-4,7-8,11-12,15H,5-6,9-10H2,(H,18,19). The second kappa shape index (κ2) is 6.54. The largest absolute Gasteiger partial charge is 0.459 e. The smallest absolute Gasteiger partial charge is 0.287 e. The van der Waals surface area contributed by atoms with E-state index in [0.29, 0.717) is 11.7 Å². The molecule has 0 radical (unpaired) electrons. The Bertz CT molecular complexity index is 562. The minimum absolute atomic E-state index is 0.0693. The number of hydrogen-bond acceptors (Lipinski definition) is 4. The van der Waals surface area contributed by atoms with Crippen LogP contribution < -0.4 is 5.32 Å². The Hall–Kier alpha value is -2.14. The molecule has 0 spiro atoms. The van der Waals surface area contributed by atoms with Crippen LogP contribution in [0.2, 0.25) is 0 Å². The van der Waals surface area contributed by atoms with Gasteiger partial charge in [-0.1, -0.05) is 6.07 Å². The van der Waals surface area contributed by atoms with Crippen molar-refractivity contribution in [2.24, 2.45) is 5.92 Å². The van der Waals surface area contributed by atoms with E-state index < -0.39 is 0 Å². The van der Waals surface area contributed by atoms with Gasteiger partial charge in [0.15, 0.2) is 5.76 Å². The van der Waals surface area contributed by atoms with Gasteiger partial charge < -0.3 is 14.5 Å². The van der Waals surface area contributed by atoms with E-state index in [9.17, 15) is 4.79 Å². The highest BCUT2D eigenvalue weighted by Gasteiger charge is 2.28. The van der Waals surface area contributed by atoms with Crippen LogP contribution in [0.3, 0.4) is 0 Å². The molecule has 1 amide bonds. The van der Waals surface area contributed by atoms with E-state index in [1.807, 2.05) is 18.3 Å². The molecule has 110 valence electrons. The van der Waals surface area contributed by atoms with Gasteiger partial charge in [0.2, 0.25) is 0 Å². The summed E-state index contributed by atoms with van der Waals surface area (Å²) in [6, 6.07) is 7.19. The highest BCUT2D eigenvalue weighted by Crippen LogP contribution is 2.30. The molecule has 1 N–H and O–H groups in total. The van der Waals surface area contributed by atoms with Crippen LogP contribution in [0, 0.1) is 5.92 Å². The lowest BCUT2D eigenvalue weighted by Gasteiger charge is -2.30. The van der Waals surface area contributed by atoms with E-state index in [0.717, 1.165) is 31.6 Å². The summed E-state index contributed by atoms with van der Waals surface area (Å²) in [6.07, 6.45) is 6.90. The van der Waals surface area contributed by atoms with Gasteiger partial charge in [-0.3, -0.25) is 9.78 Å². The zero-order valence-corrected chi connectivity index (χ0v) is 11.7.